The molecular weight excluding hydrogens is 536 g/mol. The largest absolute Gasteiger partial charge is 0.467 e. The molecule has 1 aromatic carbocycles. The Labute approximate surface area is 228 Å². The standard InChI is InChI=1S/C24H30N4O12/c1-12(30)36-19-20(37-13(2)31)22(38-14(3)32)24(40-21(19)23(34)35-4)39-17-8-7-15(11-29)10-16(17)27-18(33)6-5-9-26-28-25/h7-8,10,19-22,24,29H,5-6,9,11H2,1-4H3,(H,27,33)/t19-,20?,21-,22+,24+/m0/s1. The minimum absolute atomic E-state index is 0.0131. The molecule has 0 spiro atoms. The van der Waals surface area contributed by atoms with Crippen LogP contribution in [0.1, 0.15) is 39.2 Å². The predicted molar refractivity (Wildman–Crippen MR) is 132 cm³/mol. The number of hydrogen-bond acceptors (Lipinski definition) is 13. The molecule has 2 N–H and O–H groups in total. The lowest BCUT2D eigenvalue weighted by atomic mass is 9.97. The number of aliphatic hydroxyl groups excluding tert-OH is 1. The summed E-state index contributed by atoms with van der Waals surface area (Å²) in [6.45, 7) is 2.89. The monoisotopic (exact) mass is 566 g/mol. The lowest BCUT2D eigenvalue weighted by Gasteiger charge is -2.43. The second-order valence-corrected chi connectivity index (χ2v) is 8.38. The summed E-state index contributed by atoms with van der Waals surface area (Å²) in [5.74, 6) is -4.09. The predicted octanol–water partition coefficient (Wildman–Crippen LogP) is 1.28. The van der Waals surface area contributed by atoms with Crippen LogP contribution in [0.2, 0.25) is 0 Å². The number of azide groups is 1. The molecule has 1 aliphatic heterocycles. The maximum absolute atomic E-state index is 12.6. The lowest BCUT2D eigenvalue weighted by Crippen LogP contribution is -2.64. The first-order chi connectivity index (χ1) is 19.0. The maximum Gasteiger partial charge on any atom is 0.339 e. The number of nitrogens with one attached hydrogen (secondary N) is 1. The second-order valence-electron chi connectivity index (χ2n) is 8.38. The SMILES string of the molecule is COC(=O)[C@H]1O[C@@H](Oc2ccc(CO)cc2NC(=O)CCCN=[N+]=[N-])[C@H](OC(C)=O)C(OC(C)=O)[C@@H]1OC(C)=O. The number of methoxy groups -OCH3 is 1. The fourth-order valence-electron chi connectivity index (χ4n) is 3.74. The molecule has 0 aromatic heterocycles. The summed E-state index contributed by atoms with van der Waals surface area (Å²) in [6.07, 6.45) is -7.78. The Morgan fingerprint density at radius 2 is 1.65 bits per heavy atom. The van der Waals surface area contributed by atoms with Crippen LogP contribution in [-0.2, 0) is 54.3 Å². The van der Waals surface area contributed by atoms with Crippen LogP contribution in [0.4, 0.5) is 5.69 Å². The Morgan fingerprint density at radius 1 is 1.02 bits per heavy atom. The number of rotatable bonds is 12. The highest BCUT2D eigenvalue weighted by molar-refractivity contribution is 5.92. The lowest BCUT2D eigenvalue weighted by molar-refractivity contribution is -0.282. The van der Waals surface area contributed by atoms with E-state index in [0.29, 0.717) is 5.56 Å². The van der Waals surface area contributed by atoms with E-state index in [4.69, 9.17) is 34.0 Å². The summed E-state index contributed by atoms with van der Waals surface area (Å²) in [5.41, 5.74) is 8.86. The van der Waals surface area contributed by atoms with Gasteiger partial charge in [0.15, 0.2) is 18.3 Å². The van der Waals surface area contributed by atoms with E-state index in [2.05, 4.69) is 15.3 Å². The van der Waals surface area contributed by atoms with Crippen molar-refractivity contribution in [2.75, 3.05) is 19.0 Å². The van der Waals surface area contributed by atoms with Crippen LogP contribution >= 0.6 is 0 Å². The highest BCUT2D eigenvalue weighted by Gasteiger charge is 2.56. The molecule has 1 aliphatic rings. The minimum Gasteiger partial charge on any atom is -0.467 e. The molecule has 1 unspecified atom stereocenters. The van der Waals surface area contributed by atoms with Crippen LogP contribution in [0, 0.1) is 0 Å². The van der Waals surface area contributed by atoms with Gasteiger partial charge in [-0.05, 0) is 29.6 Å². The van der Waals surface area contributed by atoms with Gasteiger partial charge in [-0.25, -0.2) is 4.79 Å². The average Bonchev–Trinajstić information content (AvgIpc) is 2.89. The number of aliphatic hydroxyl groups is 1. The van der Waals surface area contributed by atoms with Gasteiger partial charge in [0.05, 0.1) is 19.4 Å². The number of ether oxygens (including phenoxy) is 6. The minimum atomic E-state index is -1.68. The molecule has 16 nitrogen and oxygen atoms in total. The van der Waals surface area contributed by atoms with E-state index in [1.807, 2.05) is 0 Å². The van der Waals surface area contributed by atoms with Crippen LogP contribution in [0.25, 0.3) is 10.4 Å². The molecule has 1 fully saturated rings. The van der Waals surface area contributed by atoms with Gasteiger partial charge < -0.3 is 38.8 Å². The third-order valence-electron chi connectivity index (χ3n) is 5.30. The Balaban J connectivity index is 2.50. The van der Waals surface area contributed by atoms with Gasteiger partial charge in [-0.2, -0.15) is 0 Å². The average molecular weight is 567 g/mol. The van der Waals surface area contributed by atoms with Crippen LogP contribution in [0.3, 0.4) is 0 Å². The van der Waals surface area contributed by atoms with E-state index in [0.717, 1.165) is 27.9 Å². The molecule has 1 aromatic rings. The fourth-order valence-corrected chi connectivity index (χ4v) is 3.74. The van der Waals surface area contributed by atoms with Gasteiger partial charge in [0.1, 0.15) is 5.75 Å². The van der Waals surface area contributed by atoms with Gasteiger partial charge in [0, 0.05) is 38.6 Å². The summed E-state index contributed by atoms with van der Waals surface area (Å²) in [7, 11) is 1.05. The third kappa shape index (κ3) is 9.11. The van der Waals surface area contributed by atoms with Gasteiger partial charge in [-0.3, -0.25) is 19.2 Å². The number of benzene rings is 1. The first-order valence-electron chi connectivity index (χ1n) is 12.0. The van der Waals surface area contributed by atoms with Crippen LogP contribution < -0.4 is 10.1 Å². The normalized spacial score (nSPS) is 21.7. The van der Waals surface area contributed by atoms with Crippen molar-refractivity contribution in [2.24, 2.45) is 5.11 Å². The zero-order chi connectivity index (χ0) is 29.8. The number of carbonyl (C=O) groups is 5. The van der Waals surface area contributed by atoms with Crippen LogP contribution in [-0.4, -0.2) is 79.3 Å². The maximum atomic E-state index is 12.6. The Kier molecular flexibility index (Phi) is 12.1. The van der Waals surface area contributed by atoms with Crippen molar-refractivity contribution in [1.29, 1.82) is 0 Å². The molecular formula is C24H30N4O12. The Hall–Kier alpha value is -4.40. The van der Waals surface area contributed by atoms with Gasteiger partial charge >= 0.3 is 23.9 Å². The summed E-state index contributed by atoms with van der Waals surface area (Å²) in [4.78, 5) is 63.5. The molecule has 5 atom stereocenters. The van der Waals surface area contributed by atoms with Crippen molar-refractivity contribution in [1.82, 2.24) is 0 Å². The number of nitrogens with zero attached hydrogens (tertiary/aromatic N) is 3. The molecule has 1 saturated heterocycles. The zero-order valence-corrected chi connectivity index (χ0v) is 22.2. The topological polar surface area (TPSA) is 222 Å². The van der Waals surface area contributed by atoms with Crippen LogP contribution in [0.5, 0.6) is 5.75 Å². The smallest absolute Gasteiger partial charge is 0.339 e. The fraction of sp³-hybridized carbons (Fsp3) is 0.542. The molecule has 0 bridgehead atoms. The number of carbonyl (C=O) groups excluding carboxylic acids is 5. The summed E-state index contributed by atoms with van der Waals surface area (Å²) >= 11 is 0. The van der Waals surface area contributed by atoms with E-state index in [-0.39, 0.29) is 37.4 Å². The molecule has 16 heteroatoms. The molecule has 0 aliphatic carbocycles. The Morgan fingerprint density at radius 3 is 2.23 bits per heavy atom. The van der Waals surface area contributed by atoms with E-state index in [1.54, 1.807) is 0 Å². The molecule has 1 amide bonds. The zero-order valence-electron chi connectivity index (χ0n) is 22.2. The quantitative estimate of drug-likeness (QED) is 0.0912. The summed E-state index contributed by atoms with van der Waals surface area (Å²) < 4.78 is 32.3. The van der Waals surface area contributed by atoms with Gasteiger partial charge in [0.2, 0.25) is 18.3 Å². The van der Waals surface area contributed by atoms with E-state index >= 15 is 0 Å². The van der Waals surface area contributed by atoms with Crippen LogP contribution in [0.15, 0.2) is 23.3 Å². The van der Waals surface area contributed by atoms with Crippen molar-refractivity contribution in [2.45, 2.75) is 70.9 Å². The number of amides is 1. The molecule has 0 radical (unpaired) electrons. The molecule has 218 valence electrons. The molecule has 1 heterocycles. The number of hydrogen-bond donors (Lipinski definition) is 2. The van der Waals surface area contributed by atoms with Gasteiger partial charge in [-0.15, -0.1) is 0 Å². The number of esters is 4. The van der Waals surface area contributed by atoms with Crippen molar-refractivity contribution >= 4 is 35.5 Å². The summed E-state index contributed by atoms with van der Waals surface area (Å²) in [6, 6.07) is 4.26. The van der Waals surface area contributed by atoms with Crippen molar-refractivity contribution in [3.05, 3.63) is 34.2 Å². The molecule has 0 saturated carbocycles. The van der Waals surface area contributed by atoms with Crippen molar-refractivity contribution in [3.63, 3.8) is 0 Å². The highest BCUT2D eigenvalue weighted by atomic mass is 16.7. The van der Waals surface area contributed by atoms with E-state index in [1.165, 1.54) is 18.2 Å². The van der Waals surface area contributed by atoms with Crippen molar-refractivity contribution in [3.8, 4) is 5.75 Å². The van der Waals surface area contributed by atoms with Crippen molar-refractivity contribution < 1.29 is 57.5 Å². The molecule has 40 heavy (non-hydrogen) atoms. The molecule has 2 rings (SSSR count). The summed E-state index contributed by atoms with van der Waals surface area (Å²) in [5, 5.41) is 15.5. The Bertz CT molecular complexity index is 1150. The van der Waals surface area contributed by atoms with E-state index in [9.17, 15) is 29.1 Å². The highest BCUT2D eigenvalue weighted by Crippen LogP contribution is 2.34. The van der Waals surface area contributed by atoms with Gasteiger partial charge in [-0.1, -0.05) is 11.2 Å². The third-order valence-corrected chi connectivity index (χ3v) is 5.30. The first kappa shape index (κ1) is 31.8. The van der Waals surface area contributed by atoms with Gasteiger partial charge in [0.25, 0.3) is 0 Å². The van der Waals surface area contributed by atoms with E-state index < -0.39 is 60.5 Å². The number of anilines is 1. The second kappa shape index (κ2) is 15.3. The first-order valence-corrected chi connectivity index (χ1v) is 12.0.